The third-order valence-corrected chi connectivity index (χ3v) is 5.63. The Morgan fingerprint density at radius 3 is 2.26 bits per heavy atom. The maximum atomic E-state index is 13.0. The van der Waals surface area contributed by atoms with Crippen LogP contribution in [0.2, 0.25) is 0 Å². The van der Waals surface area contributed by atoms with Gasteiger partial charge in [-0.2, -0.15) is 0 Å². The summed E-state index contributed by atoms with van der Waals surface area (Å²) in [6.45, 7) is 0.798. The molecule has 0 unspecified atom stereocenters. The minimum absolute atomic E-state index is 0.120. The molecule has 0 saturated heterocycles. The molecule has 1 heterocycles. The topological polar surface area (TPSA) is 54.0 Å². The quantitative estimate of drug-likeness (QED) is 0.284. The highest BCUT2D eigenvalue weighted by Gasteiger charge is 2.12. The van der Waals surface area contributed by atoms with Gasteiger partial charge in [0.05, 0.1) is 0 Å². The number of hydrogen-bond donors (Lipinski definition) is 2. The second-order valence-electron chi connectivity index (χ2n) is 7.08. The van der Waals surface area contributed by atoms with Crippen LogP contribution in [0.5, 0.6) is 0 Å². The van der Waals surface area contributed by atoms with Crippen molar-refractivity contribution in [3.63, 3.8) is 0 Å². The predicted octanol–water partition coefficient (Wildman–Crippen LogP) is 6.26. The molecule has 1 aromatic heterocycles. The second-order valence-corrected chi connectivity index (χ2v) is 8.33. The van der Waals surface area contributed by atoms with Crippen LogP contribution in [0.25, 0.3) is 11.1 Å². The van der Waals surface area contributed by atoms with Crippen molar-refractivity contribution in [1.29, 1.82) is 0 Å². The summed E-state index contributed by atoms with van der Waals surface area (Å²) in [5.41, 5.74) is 5.43. The van der Waals surface area contributed by atoms with E-state index in [1.54, 1.807) is 0 Å². The van der Waals surface area contributed by atoms with Gasteiger partial charge in [0.25, 0.3) is 5.91 Å². The number of rotatable bonds is 7. The van der Waals surface area contributed by atoms with Gasteiger partial charge in [-0.15, -0.1) is 0 Å². The van der Waals surface area contributed by atoms with E-state index in [4.69, 9.17) is 0 Å². The Kier molecular flexibility index (Phi) is 6.94. The monoisotopic (exact) mass is 519 g/mol. The normalized spacial score (nSPS) is 10.5. The summed E-state index contributed by atoms with van der Waals surface area (Å²) in [7, 11) is 0. The first kappa shape index (κ1) is 21.1. The summed E-state index contributed by atoms with van der Waals surface area (Å²) in [6, 6.07) is 29.6. The lowest BCUT2D eigenvalue weighted by Gasteiger charge is -2.12. The van der Waals surface area contributed by atoms with E-state index in [0.29, 0.717) is 5.56 Å². The zero-order valence-electron chi connectivity index (χ0n) is 16.9. The van der Waals surface area contributed by atoms with Gasteiger partial charge >= 0.3 is 0 Å². The smallest absolute Gasteiger partial charge is 0.256 e. The van der Waals surface area contributed by atoms with E-state index in [-0.39, 0.29) is 5.91 Å². The molecule has 3 aromatic carbocycles. The first-order chi connectivity index (χ1) is 15.2. The molecule has 0 atom stereocenters. The molecule has 0 bridgehead atoms. The summed E-state index contributed by atoms with van der Waals surface area (Å²) >= 11 is 2.28. The van der Waals surface area contributed by atoms with Crippen LogP contribution in [0.4, 0.5) is 11.4 Å². The number of pyridine rings is 1. The number of hydrogen-bond acceptors (Lipinski definition) is 3. The molecule has 31 heavy (non-hydrogen) atoms. The molecule has 0 aliphatic heterocycles. The van der Waals surface area contributed by atoms with Gasteiger partial charge < -0.3 is 10.6 Å². The maximum absolute atomic E-state index is 13.0. The number of benzene rings is 3. The first-order valence-electron chi connectivity index (χ1n) is 10.1. The van der Waals surface area contributed by atoms with Crippen LogP contribution in [0, 0.1) is 3.57 Å². The van der Waals surface area contributed by atoms with Crippen molar-refractivity contribution in [2.75, 3.05) is 17.2 Å². The predicted molar refractivity (Wildman–Crippen MR) is 135 cm³/mol. The largest absolute Gasteiger partial charge is 0.385 e. The number of carbonyl (C=O) groups is 1. The molecule has 5 heteroatoms. The molecule has 0 fully saturated rings. The molecule has 4 aromatic rings. The van der Waals surface area contributed by atoms with Crippen molar-refractivity contribution in [2.24, 2.45) is 0 Å². The average Bonchev–Trinajstić information content (AvgIpc) is 2.81. The highest BCUT2D eigenvalue weighted by Crippen LogP contribution is 2.25. The molecule has 2 N–H and O–H groups in total. The molecule has 0 aliphatic carbocycles. The summed E-state index contributed by atoms with van der Waals surface area (Å²) in [4.78, 5) is 17.3. The van der Waals surface area contributed by atoms with Crippen molar-refractivity contribution in [1.82, 2.24) is 4.98 Å². The van der Waals surface area contributed by atoms with Crippen LogP contribution in [0.3, 0.4) is 0 Å². The molecule has 0 radical (unpaired) electrons. The van der Waals surface area contributed by atoms with Gasteiger partial charge in [-0.3, -0.25) is 9.78 Å². The number of nitrogens with one attached hydrogen (secondary N) is 2. The van der Waals surface area contributed by atoms with Gasteiger partial charge in [0.2, 0.25) is 0 Å². The van der Waals surface area contributed by atoms with E-state index in [1.807, 2.05) is 97.2 Å². The molecule has 1 amide bonds. The number of halogens is 1. The number of aromatic nitrogens is 1. The molecular formula is C26H22IN3O. The van der Waals surface area contributed by atoms with E-state index in [9.17, 15) is 4.79 Å². The number of carbonyl (C=O) groups excluding carboxylic acids is 1. The van der Waals surface area contributed by atoms with Crippen molar-refractivity contribution in [3.8, 4) is 11.1 Å². The summed E-state index contributed by atoms with van der Waals surface area (Å²) in [6.07, 6.45) is 2.66. The summed E-state index contributed by atoms with van der Waals surface area (Å²) in [5.74, 6) is -0.120. The van der Waals surface area contributed by atoms with E-state index in [1.165, 1.54) is 0 Å². The Balaban J connectivity index is 1.39. The SMILES string of the molecule is O=C(Nc1ccc(NCCc2ccccn2)cc1)c1ccccc1-c1ccc(I)cc1. The molecule has 4 nitrogen and oxygen atoms in total. The number of amides is 1. The standard InChI is InChI=1S/C26H22IN3O/c27-20-10-8-19(9-11-20)24-6-1-2-7-25(24)26(31)30-23-14-12-22(13-15-23)29-18-16-21-5-3-4-17-28-21/h1-15,17,29H,16,18H2,(H,30,31). The highest BCUT2D eigenvalue weighted by atomic mass is 127. The third kappa shape index (κ3) is 5.70. The lowest BCUT2D eigenvalue weighted by atomic mass is 9.99. The molecule has 154 valence electrons. The minimum Gasteiger partial charge on any atom is -0.385 e. The van der Waals surface area contributed by atoms with Crippen LogP contribution >= 0.6 is 22.6 Å². The van der Waals surface area contributed by atoms with E-state index >= 15 is 0 Å². The highest BCUT2D eigenvalue weighted by molar-refractivity contribution is 14.1. The number of nitrogens with zero attached hydrogens (tertiary/aromatic N) is 1. The van der Waals surface area contributed by atoms with Gasteiger partial charge in [0.15, 0.2) is 0 Å². The zero-order chi connectivity index (χ0) is 21.5. The molecule has 0 spiro atoms. The van der Waals surface area contributed by atoms with Crippen LogP contribution < -0.4 is 10.6 Å². The molecule has 0 aliphatic rings. The van der Waals surface area contributed by atoms with E-state index < -0.39 is 0 Å². The van der Waals surface area contributed by atoms with Crippen molar-refractivity contribution < 1.29 is 4.79 Å². The van der Waals surface area contributed by atoms with Crippen molar-refractivity contribution in [3.05, 3.63) is 112 Å². The van der Waals surface area contributed by atoms with Gasteiger partial charge in [0, 0.05) is 45.4 Å². The third-order valence-electron chi connectivity index (χ3n) is 4.91. The van der Waals surface area contributed by atoms with E-state index in [0.717, 1.165) is 44.7 Å². The Bertz CT molecular complexity index is 1140. The number of anilines is 2. The van der Waals surface area contributed by atoms with Gasteiger partial charge in [0.1, 0.15) is 0 Å². The fraction of sp³-hybridized carbons (Fsp3) is 0.0769. The molecule has 4 rings (SSSR count). The van der Waals surface area contributed by atoms with Crippen LogP contribution in [-0.4, -0.2) is 17.4 Å². The van der Waals surface area contributed by atoms with E-state index in [2.05, 4.69) is 38.2 Å². The average molecular weight is 519 g/mol. The Morgan fingerprint density at radius 2 is 1.52 bits per heavy atom. The molecular weight excluding hydrogens is 497 g/mol. The lowest BCUT2D eigenvalue weighted by molar-refractivity contribution is 0.102. The van der Waals surface area contributed by atoms with Crippen LogP contribution in [0.15, 0.2) is 97.2 Å². The Hall–Kier alpha value is -3.19. The lowest BCUT2D eigenvalue weighted by Crippen LogP contribution is -2.13. The first-order valence-corrected chi connectivity index (χ1v) is 11.2. The van der Waals surface area contributed by atoms with Crippen molar-refractivity contribution in [2.45, 2.75) is 6.42 Å². The molecule has 0 saturated carbocycles. The van der Waals surface area contributed by atoms with Gasteiger partial charge in [-0.25, -0.2) is 0 Å². The summed E-state index contributed by atoms with van der Waals surface area (Å²) < 4.78 is 1.16. The Morgan fingerprint density at radius 1 is 0.806 bits per heavy atom. The van der Waals surface area contributed by atoms with Crippen LogP contribution in [-0.2, 0) is 6.42 Å². The van der Waals surface area contributed by atoms with Crippen molar-refractivity contribution >= 4 is 39.9 Å². The second kappa shape index (κ2) is 10.2. The Labute approximate surface area is 195 Å². The fourth-order valence-electron chi connectivity index (χ4n) is 3.31. The maximum Gasteiger partial charge on any atom is 0.256 e. The zero-order valence-corrected chi connectivity index (χ0v) is 19.0. The van der Waals surface area contributed by atoms with Gasteiger partial charge in [-0.05, 0) is 88.3 Å². The van der Waals surface area contributed by atoms with Crippen LogP contribution in [0.1, 0.15) is 16.1 Å². The fourth-order valence-corrected chi connectivity index (χ4v) is 3.67. The minimum atomic E-state index is -0.120. The van der Waals surface area contributed by atoms with Gasteiger partial charge in [-0.1, -0.05) is 36.4 Å². The summed E-state index contributed by atoms with van der Waals surface area (Å²) in [5, 5.41) is 6.40.